The Morgan fingerprint density at radius 1 is 0.328 bits per heavy atom. The van der Waals surface area contributed by atoms with Crippen LogP contribution < -0.4 is 0 Å². The molecule has 0 saturated heterocycles. The maximum absolute atomic E-state index is 12.8. The third kappa shape index (κ3) is 49.9. The highest BCUT2D eigenvalue weighted by atomic mass is 16.6. The molecule has 0 rings (SSSR count). The summed E-state index contributed by atoms with van der Waals surface area (Å²) in [6, 6.07) is 0. The molecule has 6 nitrogen and oxygen atoms in total. The smallest absolute Gasteiger partial charge is 0.306 e. The maximum atomic E-state index is 12.8. The fourth-order valence-corrected chi connectivity index (χ4v) is 7.40. The molecule has 0 saturated carbocycles. The molecule has 368 valence electrons. The van der Waals surface area contributed by atoms with Gasteiger partial charge in [0.2, 0.25) is 0 Å². The zero-order chi connectivity index (χ0) is 46.5. The summed E-state index contributed by atoms with van der Waals surface area (Å²) in [7, 11) is 0. The average Bonchev–Trinajstić information content (AvgIpc) is 3.29. The number of carbonyl (C=O) groups excluding carboxylic acids is 3. The molecular formula is C58H100O6. The van der Waals surface area contributed by atoms with E-state index in [1.54, 1.807) is 0 Å². The molecule has 1 atom stereocenters. The van der Waals surface area contributed by atoms with E-state index in [1.165, 1.54) is 128 Å². The van der Waals surface area contributed by atoms with E-state index in [-0.39, 0.29) is 37.5 Å². The number of ether oxygens (including phenoxy) is 3. The monoisotopic (exact) mass is 893 g/mol. The number of rotatable bonds is 48. The number of unbranched alkanes of at least 4 members (excludes halogenated alkanes) is 25. The molecular weight excluding hydrogens is 793 g/mol. The summed E-state index contributed by atoms with van der Waals surface area (Å²) in [6.45, 7) is 6.47. The van der Waals surface area contributed by atoms with Crippen LogP contribution in [0.2, 0.25) is 0 Å². The van der Waals surface area contributed by atoms with E-state index in [4.69, 9.17) is 14.2 Å². The molecule has 0 spiro atoms. The number of allylic oxidation sites excluding steroid dienone is 12. The van der Waals surface area contributed by atoms with Gasteiger partial charge in [-0.05, 0) is 89.9 Å². The van der Waals surface area contributed by atoms with Crippen molar-refractivity contribution in [1.29, 1.82) is 0 Å². The molecule has 0 radical (unpaired) electrons. The lowest BCUT2D eigenvalue weighted by Crippen LogP contribution is -2.30. The Hall–Kier alpha value is -3.15. The Bertz CT molecular complexity index is 1210. The normalized spacial score (nSPS) is 12.6. The second-order valence-corrected chi connectivity index (χ2v) is 17.8. The van der Waals surface area contributed by atoms with E-state index in [2.05, 4.69) is 93.7 Å². The van der Waals surface area contributed by atoms with Crippen LogP contribution in [0.1, 0.15) is 258 Å². The third-order valence-electron chi connectivity index (χ3n) is 11.4. The second kappa shape index (κ2) is 52.5. The minimum absolute atomic E-state index is 0.0917. The lowest BCUT2D eigenvalue weighted by Gasteiger charge is -2.18. The van der Waals surface area contributed by atoms with Crippen LogP contribution in [-0.2, 0) is 28.6 Å². The molecule has 0 aromatic heterocycles. The topological polar surface area (TPSA) is 78.9 Å². The molecule has 0 aliphatic rings. The maximum Gasteiger partial charge on any atom is 0.306 e. The van der Waals surface area contributed by atoms with Crippen molar-refractivity contribution in [1.82, 2.24) is 0 Å². The first-order valence-corrected chi connectivity index (χ1v) is 26.9. The number of carbonyl (C=O) groups is 3. The van der Waals surface area contributed by atoms with Gasteiger partial charge in [-0.15, -0.1) is 0 Å². The summed E-state index contributed by atoms with van der Waals surface area (Å²) in [4.78, 5) is 38.0. The van der Waals surface area contributed by atoms with Crippen LogP contribution in [0, 0.1) is 0 Å². The van der Waals surface area contributed by atoms with Crippen molar-refractivity contribution in [3.63, 3.8) is 0 Å². The molecule has 0 aromatic carbocycles. The highest BCUT2D eigenvalue weighted by Gasteiger charge is 2.19. The molecule has 64 heavy (non-hydrogen) atoms. The second-order valence-electron chi connectivity index (χ2n) is 17.8. The molecule has 0 N–H and O–H groups in total. The van der Waals surface area contributed by atoms with Gasteiger partial charge in [-0.25, -0.2) is 0 Å². The summed E-state index contributed by atoms with van der Waals surface area (Å²) >= 11 is 0. The van der Waals surface area contributed by atoms with Crippen molar-refractivity contribution >= 4 is 17.9 Å². The van der Waals surface area contributed by atoms with Crippen molar-refractivity contribution in [2.75, 3.05) is 13.2 Å². The molecule has 0 heterocycles. The highest BCUT2D eigenvalue weighted by molar-refractivity contribution is 5.71. The Balaban J connectivity index is 4.40. The summed E-state index contributed by atoms with van der Waals surface area (Å²) in [6.07, 6.45) is 66.0. The van der Waals surface area contributed by atoms with E-state index in [0.29, 0.717) is 19.3 Å². The minimum atomic E-state index is -0.796. The van der Waals surface area contributed by atoms with Crippen molar-refractivity contribution in [2.24, 2.45) is 0 Å². The summed E-state index contributed by atoms with van der Waals surface area (Å²) in [5.74, 6) is -0.933. The first-order chi connectivity index (χ1) is 31.5. The molecule has 0 aromatic rings. The molecule has 0 aliphatic heterocycles. The molecule has 6 heteroatoms. The molecule has 0 unspecified atom stereocenters. The van der Waals surface area contributed by atoms with Crippen LogP contribution in [0.4, 0.5) is 0 Å². The van der Waals surface area contributed by atoms with E-state index in [9.17, 15) is 14.4 Å². The van der Waals surface area contributed by atoms with Crippen LogP contribution in [0.15, 0.2) is 72.9 Å². The zero-order valence-electron chi connectivity index (χ0n) is 42.0. The SMILES string of the molecule is CC/C=C\C/C=C\C/C=C\C/C=C\CCCCC(=O)O[C@H](COC(=O)CCCCCCCCCCC/C=C\C/C=C\CCCCC)COC(=O)CCCCCCCCCCCCCC. The lowest BCUT2D eigenvalue weighted by atomic mass is 10.0. The Kier molecular flexibility index (Phi) is 49.9. The van der Waals surface area contributed by atoms with E-state index in [1.807, 2.05) is 0 Å². The van der Waals surface area contributed by atoms with Gasteiger partial charge in [-0.2, -0.15) is 0 Å². The first kappa shape index (κ1) is 60.9. The Morgan fingerprint density at radius 2 is 0.609 bits per heavy atom. The Morgan fingerprint density at radius 3 is 1.02 bits per heavy atom. The quantitative estimate of drug-likeness (QED) is 0.0262. The fourth-order valence-electron chi connectivity index (χ4n) is 7.40. The van der Waals surface area contributed by atoms with Gasteiger partial charge in [0.05, 0.1) is 0 Å². The summed E-state index contributed by atoms with van der Waals surface area (Å²) in [5.41, 5.74) is 0. The van der Waals surface area contributed by atoms with Gasteiger partial charge in [-0.1, -0.05) is 222 Å². The standard InChI is InChI=1S/C58H100O6/c1-4-7-10-13-16-19-22-25-27-28-29-30-32-33-36-39-42-45-48-51-57(60)63-54-55(53-62-56(59)50-47-44-41-38-35-24-21-18-15-12-9-6-3)64-58(61)52-49-46-43-40-37-34-31-26-23-20-17-14-11-8-5-2/h8,11,16-17,19-20,25-27,31,37,40,55H,4-7,9-10,12-15,18,21-24,28-30,32-36,38-39,41-54H2,1-3H3/b11-8-,19-16-,20-17-,27-25-,31-26-,40-37-/t55-/m0/s1. The fraction of sp³-hybridized carbons (Fsp3) is 0.741. The van der Waals surface area contributed by atoms with E-state index in [0.717, 1.165) is 83.5 Å². The highest BCUT2D eigenvalue weighted by Crippen LogP contribution is 2.15. The van der Waals surface area contributed by atoms with Crippen LogP contribution in [0.25, 0.3) is 0 Å². The van der Waals surface area contributed by atoms with Crippen molar-refractivity contribution in [3.05, 3.63) is 72.9 Å². The van der Waals surface area contributed by atoms with Crippen LogP contribution in [0.5, 0.6) is 0 Å². The predicted octanol–water partition coefficient (Wildman–Crippen LogP) is 17.8. The first-order valence-electron chi connectivity index (χ1n) is 26.9. The number of hydrogen-bond acceptors (Lipinski definition) is 6. The van der Waals surface area contributed by atoms with E-state index >= 15 is 0 Å². The number of hydrogen-bond donors (Lipinski definition) is 0. The summed E-state index contributed by atoms with van der Waals surface area (Å²) in [5, 5.41) is 0. The van der Waals surface area contributed by atoms with Crippen LogP contribution >= 0.6 is 0 Å². The van der Waals surface area contributed by atoms with Crippen molar-refractivity contribution in [3.8, 4) is 0 Å². The molecule has 0 bridgehead atoms. The van der Waals surface area contributed by atoms with Gasteiger partial charge in [-0.3, -0.25) is 14.4 Å². The van der Waals surface area contributed by atoms with Gasteiger partial charge in [0.1, 0.15) is 13.2 Å². The molecule has 0 amide bonds. The lowest BCUT2D eigenvalue weighted by molar-refractivity contribution is -0.167. The van der Waals surface area contributed by atoms with Gasteiger partial charge >= 0.3 is 17.9 Å². The largest absolute Gasteiger partial charge is 0.462 e. The van der Waals surface area contributed by atoms with E-state index < -0.39 is 6.10 Å². The van der Waals surface area contributed by atoms with Gasteiger partial charge in [0.25, 0.3) is 0 Å². The number of esters is 3. The van der Waals surface area contributed by atoms with Crippen molar-refractivity contribution in [2.45, 2.75) is 264 Å². The third-order valence-corrected chi connectivity index (χ3v) is 11.4. The van der Waals surface area contributed by atoms with Crippen LogP contribution in [0.3, 0.4) is 0 Å². The molecule has 0 fully saturated rings. The van der Waals surface area contributed by atoms with Gasteiger partial charge in [0, 0.05) is 19.3 Å². The molecule has 0 aliphatic carbocycles. The average molecular weight is 893 g/mol. The van der Waals surface area contributed by atoms with Crippen LogP contribution in [-0.4, -0.2) is 37.2 Å². The summed E-state index contributed by atoms with van der Waals surface area (Å²) < 4.78 is 16.8. The predicted molar refractivity (Wildman–Crippen MR) is 274 cm³/mol. The Labute approximate surface area is 395 Å². The zero-order valence-corrected chi connectivity index (χ0v) is 42.0. The van der Waals surface area contributed by atoms with Gasteiger partial charge < -0.3 is 14.2 Å². The van der Waals surface area contributed by atoms with Crippen molar-refractivity contribution < 1.29 is 28.6 Å². The minimum Gasteiger partial charge on any atom is -0.462 e. The van der Waals surface area contributed by atoms with Gasteiger partial charge in [0.15, 0.2) is 6.10 Å².